The van der Waals surface area contributed by atoms with Gasteiger partial charge in [0.1, 0.15) is 0 Å². The van der Waals surface area contributed by atoms with E-state index in [1.165, 1.54) is 24.2 Å². The molecule has 2 heterocycles. The molecule has 2 rings (SSSR count). The molecule has 1 fully saturated rings. The summed E-state index contributed by atoms with van der Waals surface area (Å²) >= 11 is 0. The number of ether oxygens (including phenoxy) is 1. The Morgan fingerprint density at radius 1 is 1.50 bits per heavy atom. The molecule has 1 aliphatic rings. The second-order valence-corrected chi connectivity index (χ2v) is 6.01. The number of hydrogen-bond donors (Lipinski definition) is 1. The largest absolute Gasteiger partial charge is 0.378 e. The van der Waals surface area contributed by atoms with Gasteiger partial charge in [-0.1, -0.05) is 13.8 Å². The van der Waals surface area contributed by atoms with Gasteiger partial charge in [-0.15, -0.1) is 0 Å². The maximum atomic E-state index is 5.76. The van der Waals surface area contributed by atoms with Crippen LogP contribution in [-0.4, -0.2) is 35.1 Å². The summed E-state index contributed by atoms with van der Waals surface area (Å²) in [4.78, 5) is 0. The minimum absolute atomic E-state index is 0.406. The first kappa shape index (κ1) is 15.5. The SMILES string of the molecule is CCCNC(Cc1cc(CC)nn1C)C1COC(C)C1. The van der Waals surface area contributed by atoms with Crippen LogP contribution in [0.4, 0.5) is 0 Å². The lowest BCUT2D eigenvalue weighted by Crippen LogP contribution is -2.39. The molecule has 3 unspecified atom stereocenters. The van der Waals surface area contributed by atoms with E-state index in [1.54, 1.807) is 0 Å². The van der Waals surface area contributed by atoms with Crippen LogP contribution in [0, 0.1) is 5.92 Å². The van der Waals surface area contributed by atoms with Gasteiger partial charge in [-0.05, 0) is 38.8 Å². The van der Waals surface area contributed by atoms with E-state index in [2.05, 4.69) is 44.3 Å². The van der Waals surface area contributed by atoms with Crippen molar-refractivity contribution in [1.29, 1.82) is 0 Å². The molecule has 1 aliphatic heterocycles. The molecule has 4 nitrogen and oxygen atoms in total. The van der Waals surface area contributed by atoms with Crippen molar-refractivity contribution < 1.29 is 4.74 Å². The normalized spacial score (nSPS) is 24.2. The average Bonchev–Trinajstić information content (AvgIpc) is 3.01. The van der Waals surface area contributed by atoms with E-state index in [0.29, 0.717) is 18.1 Å². The van der Waals surface area contributed by atoms with Gasteiger partial charge in [-0.3, -0.25) is 4.68 Å². The van der Waals surface area contributed by atoms with Crippen molar-refractivity contribution in [2.24, 2.45) is 13.0 Å². The quantitative estimate of drug-likeness (QED) is 0.832. The smallest absolute Gasteiger partial charge is 0.0624 e. The number of nitrogens with one attached hydrogen (secondary N) is 1. The van der Waals surface area contributed by atoms with Crippen LogP contribution in [-0.2, 0) is 24.6 Å². The van der Waals surface area contributed by atoms with Gasteiger partial charge >= 0.3 is 0 Å². The molecule has 4 heteroatoms. The first-order chi connectivity index (χ1) is 9.63. The molecular formula is C16H29N3O. The Bertz CT molecular complexity index is 416. The molecule has 114 valence electrons. The summed E-state index contributed by atoms with van der Waals surface area (Å²) in [6, 6.07) is 2.75. The summed E-state index contributed by atoms with van der Waals surface area (Å²) in [7, 11) is 2.05. The zero-order valence-corrected chi connectivity index (χ0v) is 13.4. The van der Waals surface area contributed by atoms with Gasteiger partial charge in [0.25, 0.3) is 0 Å². The van der Waals surface area contributed by atoms with E-state index in [1.807, 2.05) is 4.68 Å². The van der Waals surface area contributed by atoms with E-state index < -0.39 is 0 Å². The second-order valence-electron chi connectivity index (χ2n) is 6.01. The lowest BCUT2D eigenvalue weighted by atomic mass is 9.93. The van der Waals surface area contributed by atoms with Crippen molar-refractivity contribution in [1.82, 2.24) is 15.1 Å². The van der Waals surface area contributed by atoms with Crippen LogP contribution in [0.2, 0.25) is 0 Å². The van der Waals surface area contributed by atoms with E-state index in [9.17, 15) is 0 Å². The molecule has 0 amide bonds. The third kappa shape index (κ3) is 3.83. The Kier molecular flexibility index (Phi) is 5.61. The highest BCUT2D eigenvalue weighted by Gasteiger charge is 2.29. The first-order valence-electron chi connectivity index (χ1n) is 8.00. The number of aryl methyl sites for hydroxylation is 2. The number of rotatable bonds is 7. The van der Waals surface area contributed by atoms with Crippen molar-refractivity contribution in [3.63, 3.8) is 0 Å². The van der Waals surface area contributed by atoms with Gasteiger partial charge in [0, 0.05) is 31.1 Å². The van der Waals surface area contributed by atoms with Crippen molar-refractivity contribution in [2.75, 3.05) is 13.2 Å². The van der Waals surface area contributed by atoms with Crippen LogP contribution >= 0.6 is 0 Å². The van der Waals surface area contributed by atoms with Crippen LogP contribution < -0.4 is 5.32 Å². The second kappa shape index (κ2) is 7.23. The highest BCUT2D eigenvalue weighted by molar-refractivity contribution is 5.12. The van der Waals surface area contributed by atoms with Crippen molar-refractivity contribution in [2.45, 2.75) is 58.6 Å². The minimum atomic E-state index is 0.406. The van der Waals surface area contributed by atoms with Gasteiger partial charge < -0.3 is 10.1 Å². The molecule has 0 aromatic carbocycles. The Balaban J connectivity index is 2.04. The molecule has 3 atom stereocenters. The lowest BCUT2D eigenvalue weighted by molar-refractivity contribution is 0.116. The van der Waals surface area contributed by atoms with Crippen molar-refractivity contribution in [3.05, 3.63) is 17.5 Å². The zero-order chi connectivity index (χ0) is 14.5. The highest BCUT2D eigenvalue weighted by atomic mass is 16.5. The molecule has 1 aromatic heterocycles. The molecule has 0 bridgehead atoms. The van der Waals surface area contributed by atoms with Crippen molar-refractivity contribution >= 4 is 0 Å². The number of nitrogens with zero attached hydrogens (tertiary/aromatic N) is 2. The maximum absolute atomic E-state index is 5.76. The number of hydrogen-bond acceptors (Lipinski definition) is 3. The molecule has 20 heavy (non-hydrogen) atoms. The summed E-state index contributed by atoms with van der Waals surface area (Å²) in [6.07, 6.45) is 4.79. The van der Waals surface area contributed by atoms with Crippen LogP contribution in [0.25, 0.3) is 0 Å². The summed E-state index contributed by atoms with van der Waals surface area (Å²) in [5, 5.41) is 8.28. The van der Waals surface area contributed by atoms with Crippen LogP contribution in [0.3, 0.4) is 0 Å². The predicted octanol–water partition coefficient (Wildman–Crippen LogP) is 2.32. The standard InChI is InChI=1S/C16H29N3O/c1-5-7-17-16(13-8-12(3)20-11-13)10-15-9-14(6-2)18-19(15)4/h9,12-13,16-17H,5-8,10-11H2,1-4H3. The monoisotopic (exact) mass is 279 g/mol. The van der Waals surface area contributed by atoms with E-state index >= 15 is 0 Å². The van der Waals surface area contributed by atoms with E-state index in [0.717, 1.165) is 26.0 Å². The van der Waals surface area contributed by atoms with E-state index in [4.69, 9.17) is 4.74 Å². The minimum Gasteiger partial charge on any atom is -0.378 e. The van der Waals surface area contributed by atoms with Crippen molar-refractivity contribution in [3.8, 4) is 0 Å². The fourth-order valence-corrected chi connectivity index (χ4v) is 3.03. The van der Waals surface area contributed by atoms with Gasteiger partial charge in [-0.25, -0.2) is 0 Å². The van der Waals surface area contributed by atoms with E-state index in [-0.39, 0.29) is 0 Å². The Morgan fingerprint density at radius 3 is 2.85 bits per heavy atom. The first-order valence-corrected chi connectivity index (χ1v) is 8.00. The summed E-state index contributed by atoms with van der Waals surface area (Å²) in [6.45, 7) is 8.52. The third-order valence-electron chi connectivity index (χ3n) is 4.27. The van der Waals surface area contributed by atoms with Gasteiger partial charge in [0.05, 0.1) is 18.4 Å². The molecule has 0 radical (unpaired) electrons. The molecule has 1 N–H and O–H groups in total. The molecule has 0 aliphatic carbocycles. The number of aromatic nitrogens is 2. The fourth-order valence-electron chi connectivity index (χ4n) is 3.03. The molecule has 0 saturated carbocycles. The highest BCUT2D eigenvalue weighted by Crippen LogP contribution is 2.24. The Morgan fingerprint density at radius 2 is 2.30 bits per heavy atom. The Labute approximate surface area is 122 Å². The predicted molar refractivity (Wildman–Crippen MR) is 81.9 cm³/mol. The third-order valence-corrected chi connectivity index (χ3v) is 4.27. The van der Waals surface area contributed by atoms with Gasteiger partial charge in [0.2, 0.25) is 0 Å². The lowest BCUT2D eigenvalue weighted by Gasteiger charge is -2.24. The van der Waals surface area contributed by atoms with Crippen LogP contribution in [0.1, 0.15) is 45.0 Å². The topological polar surface area (TPSA) is 39.1 Å². The Hall–Kier alpha value is -0.870. The maximum Gasteiger partial charge on any atom is 0.0624 e. The average molecular weight is 279 g/mol. The summed E-state index contributed by atoms with van der Waals surface area (Å²) in [5.41, 5.74) is 2.52. The van der Waals surface area contributed by atoms with Crippen LogP contribution in [0.5, 0.6) is 0 Å². The fraction of sp³-hybridized carbons (Fsp3) is 0.812. The molecule has 1 aromatic rings. The molecular weight excluding hydrogens is 250 g/mol. The van der Waals surface area contributed by atoms with Gasteiger partial charge in [0.15, 0.2) is 0 Å². The zero-order valence-electron chi connectivity index (χ0n) is 13.4. The molecule has 1 saturated heterocycles. The summed E-state index contributed by atoms with van der Waals surface area (Å²) < 4.78 is 7.80. The summed E-state index contributed by atoms with van der Waals surface area (Å²) in [5.74, 6) is 0.622. The molecule has 0 spiro atoms. The van der Waals surface area contributed by atoms with Gasteiger partial charge in [-0.2, -0.15) is 5.10 Å². The van der Waals surface area contributed by atoms with Crippen LogP contribution in [0.15, 0.2) is 6.07 Å².